The lowest BCUT2D eigenvalue weighted by molar-refractivity contribution is -0.152. The molecule has 0 unspecified atom stereocenters. The first kappa shape index (κ1) is 32.1. The van der Waals surface area contributed by atoms with Gasteiger partial charge in [-0.05, 0) is 70.4 Å². The molecule has 0 atom stereocenters. The number of carboxylic acid groups (broad SMARTS) is 1. The fraction of sp³-hybridized carbons (Fsp3) is 0.586. The van der Waals surface area contributed by atoms with Crippen LogP contribution in [0.1, 0.15) is 90.7 Å². The van der Waals surface area contributed by atoms with Gasteiger partial charge >= 0.3 is 12.1 Å². The number of carboxylic acids is 1. The highest BCUT2D eigenvalue weighted by Crippen LogP contribution is 2.46. The van der Waals surface area contributed by atoms with Crippen LogP contribution in [0.5, 0.6) is 0 Å². The van der Waals surface area contributed by atoms with E-state index in [4.69, 9.17) is 39.5 Å². The number of nitrogens with zero attached hydrogens (tertiary/aromatic N) is 3. The summed E-state index contributed by atoms with van der Waals surface area (Å²) >= 11 is 18.5. The zero-order chi connectivity index (χ0) is 31.3. The molecule has 1 N–H and O–H groups in total. The lowest BCUT2D eigenvalue weighted by atomic mass is 9.71. The Balaban J connectivity index is 1.48. The molecule has 3 aliphatic rings. The van der Waals surface area contributed by atoms with Gasteiger partial charge in [-0.15, -0.1) is 0 Å². The summed E-state index contributed by atoms with van der Waals surface area (Å²) in [6.07, 6.45) is -1.01. The molecule has 0 radical (unpaired) electrons. The first-order valence-corrected chi connectivity index (χ1v) is 15.2. The quantitative estimate of drug-likeness (QED) is 0.311. The number of alkyl halides is 3. The molecule has 2 aliphatic carbocycles. The minimum atomic E-state index is -4.94. The summed E-state index contributed by atoms with van der Waals surface area (Å²) in [6, 6.07) is 1.42. The van der Waals surface area contributed by atoms with Gasteiger partial charge in [0.2, 0.25) is 0 Å². The number of ether oxygens (including phenoxy) is 1. The van der Waals surface area contributed by atoms with Gasteiger partial charge in [0.1, 0.15) is 0 Å². The summed E-state index contributed by atoms with van der Waals surface area (Å²) < 4.78 is 50.0. The van der Waals surface area contributed by atoms with Crippen molar-refractivity contribution in [3.05, 3.63) is 50.2 Å². The Hall–Kier alpha value is -2.34. The van der Waals surface area contributed by atoms with Gasteiger partial charge in [-0.1, -0.05) is 34.8 Å². The monoisotopic (exact) mass is 663 g/mol. The third kappa shape index (κ3) is 6.28. The Kier molecular flexibility index (Phi) is 8.85. The smallest absolute Gasteiger partial charge is 0.433 e. The summed E-state index contributed by atoms with van der Waals surface area (Å²) in [5, 5.41) is 13.7. The molecule has 1 aromatic carbocycles. The minimum Gasteiger partial charge on any atom is -0.481 e. The number of Topliss-reactive ketones (excluding diaryl/α,β-unsaturated/α-hetero) is 1. The predicted octanol–water partition coefficient (Wildman–Crippen LogP) is 7.35. The van der Waals surface area contributed by atoms with Crippen LogP contribution >= 0.6 is 34.8 Å². The molecule has 1 saturated heterocycles. The number of benzene rings is 1. The number of aliphatic carboxylic acids is 1. The summed E-state index contributed by atoms with van der Waals surface area (Å²) in [6.45, 7) is 2.22. The van der Waals surface area contributed by atoms with E-state index >= 15 is 0 Å². The Morgan fingerprint density at radius 1 is 1.05 bits per heavy atom. The molecule has 14 heteroatoms. The van der Waals surface area contributed by atoms with Crippen LogP contribution < -0.4 is 0 Å². The third-order valence-corrected chi connectivity index (χ3v) is 10.2. The zero-order valence-corrected chi connectivity index (χ0v) is 25.6. The summed E-state index contributed by atoms with van der Waals surface area (Å²) in [4.78, 5) is 40.4. The van der Waals surface area contributed by atoms with Crippen LogP contribution in [0.2, 0.25) is 15.1 Å². The fourth-order valence-corrected chi connectivity index (χ4v) is 7.57. The van der Waals surface area contributed by atoms with Crippen molar-refractivity contribution in [3.63, 3.8) is 0 Å². The van der Waals surface area contributed by atoms with Gasteiger partial charge in [0.15, 0.2) is 11.5 Å². The highest BCUT2D eigenvalue weighted by atomic mass is 35.5. The van der Waals surface area contributed by atoms with E-state index in [1.165, 1.54) is 17.0 Å². The van der Waals surface area contributed by atoms with Gasteiger partial charge in [0.05, 0.1) is 58.6 Å². The second kappa shape index (κ2) is 11.9. The molecule has 8 nitrogen and oxygen atoms in total. The van der Waals surface area contributed by atoms with Crippen molar-refractivity contribution < 1.29 is 37.4 Å². The number of hydrogen-bond donors (Lipinski definition) is 1. The number of carbonyl (C=O) groups is 3. The average molecular weight is 665 g/mol. The fourth-order valence-electron chi connectivity index (χ4n) is 6.55. The van der Waals surface area contributed by atoms with Crippen molar-refractivity contribution in [1.29, 1.82) is 0 Å². The molecular weight excluding hydrogens is 634 g/mol. The van der Waals surface area contributed by atoms with Crippen molar-refractivity contribution in [2.45, 2.75) is 76.6 Å². The SMILES string of the molecule is C[C@]1(C(=O)O)CC[C@H](n2ncc(C(=O)N(CC(=O)c3c(Cl)cc(Cl)cc3Cl)C3CCC4(CC3)COC4)c2C(F)(F)F)CC1. The Labute approximate surface area is 261 Å². The van der Waals surface area contributed by atoms with Crippen LogP contribution in [-0.4, -0.2) is 63.2 Å². The standard InChI is InChI=1S/C29H31Cl3F3N3O5/c1-27(26(41)42)6-2-18(3-7-27)38-24(29(33,34)35)19(12-36-38)25(40)37(17-4-8-28(9-5-17)14-43-15-28)13-22(39)23-20(31)10-16(30)11-21(23)32/h10-12,17-18H,2-9,13-15H2,1H3,(H,41,42)/t18-,27-. The molecule has 43 heavy (non-hydrogen) atoms. The molecule has 2 saturated carbocycles. The highest BCUT2D eigenvalue weighted by Gasteiger charge is 2.47. The summed E-state index contributed by atoms with van der Waals surface area (Å²) in [5.74, 6) is -2.60. The number of halogens is 6. The third-order valence-electron chi connectivity index (χ3n) is 9.35. The van der Waals surface area contributed by atoms with Gasteiger partial charge in [0.25, 0.3) is 5.91 Å². The molecule has 2 aromatic rings. The summed E-state index contributed by atoms with van der Waals surface area (Å²) in [5.41, 5.74) is -2.98. The van der Waals surface area contributed by atoms with E-state index in [9.17, 15) is 32.7 Å². The molecule has 1 spiro atoms. The van der Waals surface area contributed by atoms with Crippen molar-refractivity contribution in [3.8, 4) is 0 Å². The molecule has 2 heterocycles. The Morgan fingerprint density at radius 3 is 2.12 bits per heavy atom. The van der Waals surface area contributed by atoms with E-state index in [2.05, 4.69) is 5.10 Å². The summed E-state index contributed by atoms with van der Waals surface area (Å²) in [7, 11) is 0. The van der Waals surface area contributed by atoms with E-state index in [1.807, 2.05) is 0 Å². The maximum Gasteiger partial charge on any atom is 0.433 e. The molecule has 1 aromatic heterocycles. The molecule has 0 bridgehead atoms. The first-order chi connectivity index (χ1) is 20.1. The van der Waals surface area contributed by atoms with Crippen LogP contribution in [0.3, 0.4) is 0 Å². The minimum absolute atomic E-state index is 0.00846. The van der Waals surface area contributed by atoms with Gasteiger partial charge in [-0.3, -0.25) is 19.1 Å². The second-order valence-electron chi connectivity index (χ2n) is 12.3. The number of carbonyl (C=O) groups excluding carboxylic acids is 2. The van der Waals surface area contributed by atoms with E-state index in [0.29, 0.717) is 38.9 Å². The van der Waals surface area contributed by atoms with Crippen LogP contribution in [0, 0.1) is 10.8 Å². The van der Waals surface area contributed by atoms with Crippen molar-refractivity contribution >= 4 is 52.5 Å². The molecular formula is C29H31Cl3F3N3O5. The van der Waals surface area contributed by atoms with Crippen molar-refractivity contribution in [2.24, 2.45) is 10.8 Å². The lowest BCUT2D eigenvalue weighted by Crippen LogP contribution is -2.51. The molecule has 1 amide bonds. The number of rotatable bonds is 7. The van der Waals surface area contributed by atoms with E-state index in [1.54, 1.807) is 6.92 Å². The number of ketones is 1. The highest BCUT2D eigenvalue weighted by molar-refractivity contribution is 6.42. The van der Waals surface area contributed by atoms with Crippen LogP contribution in [0.25, 0.3) is 0 Å². The topological polar surface area (TPSA) is 102 Å². The van der Waals surface area contributed by atoms with Gasteiger partial charge in [0, 0.05) is 16.5 Å². The van der Waals surface area contributed by atoms with E-state index < -0.39 is 59.1 Å². The van der Waals surface area contributed by atoms with Crippen molar-refractivity contribution in [1.82, 2.24) is 14.7 Å². The van der Waals surface area contributed by atoms with E-state index in [-0.39, 0.29) is 51.7 Å². The van der Waals surface area contributed by atoms with Crippen LogP contribution in [0.4, 0.5) is 13.2 Å². The predicted molar refractivity (Wildman–Crippen MR) is 153 cm³/mol. The number of aromatic nitrogens is 2. The molecule has 5 rings (SSSR count). The number of amides is 1. The zero-order valence-electron chi connectivity index (χ0n) is 23.4. The Morgan fingerprint density at radius 2 is 1.63 bits per heavy atom. The first-order valence-electron chi connectivity index (χ1n) is 14.1. The van der Waals surface area contributed by atoms with Crippen molar-refractivity contribution in [2.75, 3.05) is 19.8 Å². The van der Waals surface area contributed by atoms with Crippen LogP contribution in [-0.2, 0) is 15.7 Å². The van der Waals surface area contributed by atoms with Gasteiger partial charge < -0.3 is 14.7 Å². The molecule has 3 fully saturated rings. The van der Waals surface area contributed by atoms with Gasteiger partial charge in [-0.25, -0.2) is 0 Å². The molecule has 234 valence electrons. The average Bonchev–Trinajstić information content (AvgIpc) is 3.36. The number of hydrogen-bond acceptors (Lipinski definition) is 5. The largest absolute Gasteiger partial charge is 0.481 e. The maximum atomic E-state index is 14.6. The Bertz CT molecular complexity index is 1400. The lowest BCUT2D eigenvalue weighted by Gasteiger charge is -2.48. The van der Waals surface area contributed by atoms with Gasteiger partial charge in [-0.2, -0.15) is 18.3 Å². The second-order valence-corrected chi connectivity index (χ2v) is 13.5. The maximum absolute atomic E-state index is 14.6. The van der Waals surface area contributed by atoms with Crippen LogP contribution in [0.15, 0.2) is 18.3 Å². The normalized spacial score (nSPS) is 24.0. The van der Waals surface area contributed by atoms with E-state index in [0.717, 1.165) is 10.9 Å². The molecule has 1 aliphatic heterocycles.